The maximum atomic E-state index is 12.1. The molecule has 2 heterocycles. The normalized spacial score (nSPS) is 17.9. The van der Waals surface area contributed by atoms with Crippen molar-refractivity contribution in [2.45, 2.75) is 19.8 Å². The van der Waals surface area contributed by atoms with Gasteiger partial charge in [-0.2, -0.15) is 0 Å². The number of nitrogens with one attached hydrogen (secondary N) is 1. The number of hydrogen-bond acceptors (Lipinski definition) is 3. The third-order valence-corrected chi connectivity index (χ3v) is 3.67. The highest BCUT2D eigenvalue weighted by molar-refractivity contribution is 7.80. The van der Waals surface area contributed by atoms with Crippen molar-refractivity contribution in [3.05, 3.63) is 28.1 Å². The minimum atomic E-state index is -0.0168. The first kappa shape index (κ1) is 12.3. The second kappa shape index (κ2) is 5.42. The van der Waals surface area contributed by atoms with Crippen molar-refractivity contribution in [1.29, 1.82) is 0 Å². The molecule has 2 rings (SSSR count). The highest BCUT2D eigenvalue weighted by atomic mass is 32.1. The standard InChI is InChI=1S/C12H14N2OS2/c1-2-3-6-14-11(15)10(13-12(14)16)8-9-5-4-7-17-9/h4-5,7-8H,2-3,6H2,1H3,(H,13,16). The molecular weight excluding hydrogens is 252 g/mol. The summed E-state index contributed by atoms with van der Waals surface area (Å²) >= 11 is 6.76. The molecule has 1 N–H and O–H groups in total. The summed E-state index contributed by atoms with van der Waals surface area (Å²) < 4.78 is 0. The lowest BCUT2D eigenvalue weighted by molar-refractivity contribution is -0.122. The van der Waals surface area contributed by atoms with E-state index in [1.54, 1.807) is 16.2 Å². The van der Waals surface area contributed by atoms with Crippen LogP contribution in [-0.4, -0.2) is 22.5 Å². The molecule has 3 nitrogen and oxygen atoms in total. The summed E-state index contributed by atoms with van der Waals surface area (Å²) in [5.74, 6) is -0.0168. The zero-order chi connectivity index (χ0) is 12.3. The number of thiocarbonyl (C=S) groups is 1. The second-order valence-electron chi connectivity index (χ2n) is 3.81. The summed E-state index contributed by atoms with van der Waals surface area (Å²) in [6.45, 7) is 2.79. The van der Waals surface area contributed by atoms with E-state index in [9.17, 15) is 4.79 Å². The number of thiophene rings is 1. The van der Waals surface area contributed by atoms with Crippen molar-refractivity contribution < 1.29 is 4.79 Å². The SMILES string of the molecule is CCCCN1C(=O)C(=Cc2cccs2)NC1=S. The van der Waals surface area contributed by atoms with E-state index in [-0.39, 0.29) is 5.91 Å². The van der Waals surface area contributed by atoms with E-state index in [0.29, 0.717) is 17.4 Å². The van der Waals surface area contributed by atoms with Crippen LogP contribution in [-0.2, 0) is 4.79 Å². The molecule has 0 unspecified atom stereocenters. The van der Waals surface area contributed by atoms with Gasteiger partial charge >= 0.3 is 0 Å². The molecule has 1 aromatic rings. The largest absolute Gasteiger partial charge is 0.328 e. The maximum Gasteiger partial charge on any atom is 0.276 e. The predicted molar refractivity (Wildman–Crippen MR) is 74.7 cm³/mol. The number of nitrogens with zero attached hydrogens (tertiary/aromatic N) is 1. The van der Waals surface area contributed by atoms with E-state index >= 15 is 0 Å². The Morgan fingerprint density at radius 1 is 1.59 bits per heavy atom. The van der Waals surface area contributed by atoms with Crippen LogP contribution in [0.2, 0.25) is 0 Å². The quantitative estimate of drug-likeness (QED) is 0.671. The van der Waals surface area contributed by atoms with Gasteiger partial charge in [0.15, 0.2) is 5.11 Å². The molecule has 0 aliphatic carbocycles. The van der Waals surface area contributed by atoms with Gasteiger partial charge in [-0.3, -0.25) is 9.69 Å². The minimum Gasteiger partial charge on any atom is -0.328 e. The first-order valence-corrected chi connectivity index (χ1v) is 6.89. The summed E-state index contributed by atoms with van der Waals surface area (Å²) in [4.78, 5) is 14.8. The van der Waals surface area contributed by atoms with E-state index in [1.165, 1.54) is 0 Å². The van der Waals surface area contributed by atoms with Gasteiger partial charge in [-0.25, -0.2) is 0 Å². The number of hydrogen-bond donors (Lipinski definition) is 1. The van der Waals surface area contributed by atoms with Crippen LogP contribution in [0.15, 0.2) is 23.2 Å². The summed E-state index contributed by atoms with van der Waals surface area (Å²) in [6, 6.07) is 3.94. The van der Waals surface area contributed by atoms with Crippen LogP contribution in [0.3, 0.4) is 0 Å². The highest BCUT2D eigenvalue weighted by Crippen LogP contribution is 2.17. The predicted octanol–water partition coefficient (Wildman–Crippen LogP) is 2.61. The molecule has 0 atom stereocenters. The van der Waals surface area contributed by atoms with Crippen LogP contribution in [0.5, 0.6) is 0 Å². The number of unbranched alkanes of at least 4 members (excludes halogenated alkanes) is 1. The number of rotatable bonds is 4. The molecule has 1 amide bonds. The summed E-state index contributed by atoms with van der Waals surface area (Å²) in [7, 11) is 0. The third-order valence-electron chi connectivity index (χ3n) is 2.53. The zero-order valence-electron chi connectivity index (χ0n) is 9.60. The Hall–Kier alpha value is -1.20. The van der Waals surface area contributed by atoms with Crippen molar-refractivity contribution in [2.75, 3.05) is 6.54 Å². The maximum absolute atomic E-state index is 12.1. The second-order valence-corrected chi connectivity index (χ2v) is 5.18. The first-order chi connectivity index (χ1) is 8.22. The third kappa shape index (κ3) is 2.73. The highest BCUT2D eigenvalue weighted by Gasteiger charge is 2.29. The first-order valence-electron chi connectivity index (χ1n) is 5.60. The van der Waals surface area contributed by atoms with Crippen LogP contribution < -0.4 is 5.32 Å². The molecule has 0 radical (unpaired) electrons. The molecule has 0 aromatic carbocycles. The van der Waals surface area contributed by atoms with Gasteiger partial charge in [-0.05, 0) is 36.2 Å². The Morgan fingerprint density at radius 2 is 2.41 bits per heavy atom. The molecule has 17 heavy (non-hydrogen) atoms. The fourth-order valence-corrected chi connectivity index (χ4v) is 2.55. The average molecular weight is 266 g/mol. The van der Waals surface area contributed by atoms with E-state index < -0.39 is 0 Å². The van der Waals surface area contributed by atoms with Gasteiger partial charge in [0.25, 0.3) is 5.91 Å². The van der Waals surface area contributed by atoms with Crippen molar-refractivity contribution in [3.63, 3.8) is 0 Å². The van der Waals surface area contributed by atoms with E-state index in [0.717, 1.165) is 17.7 Å². The Bertz CT molecular complexity index is 451. The average Bonchev–Trinajstić information content (AvgIpc) is 2.89. The van der Waals surface area contributed by atoms with Crippen molar-refractivity contribution in [2.24, 2.45) is 0 Å². The van der Waals surface area contributed by atoms with Gasteiger partial charge in [0.1, 0.15) is 5.70 Å². The fraction of sp³-hybridized carbons (Fsp3) is 0.333. The lowest BCUT2D eigenvalue weighted by Gasteiger charge is -2.12. The Morgan fingerprint density at radius 3 is 3.06 bits per heavy atom. The van der Waals surface area contributed by atoms with Gasteiger partial charge in [0.2, 0.25) is 0 Å². The number of carbonyl (C=O) groups is 1. The van der Waals surface area contributed by atoms with Gasteiger partial charge in [0, 0.05) is 11.4 Å². The molecule has 1 fully saturated rings. The Balaban J connectivity index is 2.13. The van der Waals surface area contributed by atoms with E-state index in [2.05, 4.69) is 12.2 Å². The van der Waals surface area contributed by atoms with Crippen molar-refractivity contribution >= 4 is 40.7 Å². The van der Waals surface area contributed by atoms with Crippen molar-refractivity contribution in [1.82, 2.24) is 10.2 Å². The Labute approximate surface area is 110 Å². The van der Waals surface area contributed by atoms with Crippen LogP contribution in [0.25, 0.3) is 6.08 Å². The molecule has 1 aliphatic rings. The fourth-order valence-electron chi connectivity index (χ4n) is 1.61. The van der Waals surface area contributed by atoms with Gasteiger partial charge in [0.05, 0.1) is 0 Å². The number of amides is 1. The molecule has 0 saturated carbocycles. The summed E-state index contributed by atoms with van der Waals surface area (Å²) in [5.41, 5.74) is 0.577. The number of carbonyl (C=O) groups excluding carboxylic acids is 1. The molecule has 0 spiro atoms. The van der Waals surface area contributed by atoms with Gasteiger partial charge in [-0.1, -0.05) is 19.4 Å². The van der Waals surface area contributed by atoms with E-state index in [1.807, 2.05) is 23.6 Å². The lowest BCUT2D eigenvalue weighted by Crippen LogP contribution is -2.31. The Kier molecular flexibility index (Phi) is 3.91. The molecule has 0 bridgehead atoms. The summed E-state index contributed by atoms with van der Waals surface area (Å²) in [5, 5.41) is 5.48. The topological polar surface area (TPSA) is 32.3 Å². The van der Waals surface area contributed by atoms with Gasteiger partial charge < -0.3 is 5.32 Å². The van der Waals surface area contributed by atoms with Gasteiger partial charge in [-0.15, -0.1) is 11.3 Å². The van der Waals surface area contributed by atoms with Crippen LogP contribution in [0.1, 0.15) is 24.6 Å². The molecular formula is C12H14N2OS2. The van der Waals surface area contributed by atoms with E-state index in [4.69, 9.17) is 12.2 Å². The molecule has 5 heteroatoms. The van der Waals surface area contributed by atoms with Crippen LogP contribution in [0, 0.1) is 0 Å². The molecule has 1 aliphatic heterocycles. The lowest BCUT2D eigenvalue weighted by atomic mass is 10.3. The van der Waals surface area contributed by atoms with Crippen LogP contribution >= 0.6 is 23.6 Å². The summed E-state index contributed by atoms with van der Waals surface area (Å²) in [6.07, 6.45) is 3.88. The smallest absolute Gasteiger partial charge is 0.276 e. The monoisotopic (exact) mass is 266 g/mol. The zero-order valence-corrected chi connectivity index (χ0v) is 11.2. The van der Waals surface area contributed by atoms with Crippen LogP contribution in [0.4, 0.5) is 0 Å². The van der Waals surface area contributed by atoms with Crippen molar-refractivity contribution in [3.8, 4) is 0 Å². The minimum absolute atomic E-state index is 0.0168. The molecule has 90 valence electrons. The molecule has 1 saturated heterocycles. The molecule has 1 aromatic heterocycles.